The first-order chi connectivity index (χ1) is 13.2. The van der Waals surface area contributed by atoms with E-state index in [9.17, 15) is 0 Å². The molecule has 0 aliphatic rings. The van der Waals surface area contributed by atoms with Gasteiger partial charge in [-0.25, -0.2) is 4.98 Å². The Morgan fingerprint density at radius 3 is 2.56 bits per heavy atom. The maximum absolute atomic E-state index is 4.51. The van der Waals surface area contributed by atoms with Crippen molar-refractivity contribution in [1.82, 2.24) is 25.1 Å². The van der Waals surface area contributed by atoms with E-state index in [4.69, 9.17) is 0 Å². The number of hydrogen-bond acceptors (Lipinski definition) is 3. The van der Waals surface area contributed by atoms with Crippen LogP contribution in [-0.4, -0.2) is 66.0 Å². The molecule has 148 valence electrons. The van der Waals surface area contributed by atoms with Gasteiger partial charge in [-0.3, -0.25) is 4.99 Å². The Morgan fingerprint density at radius 1 is 1.15 bits per heavy atom. The Kier molecular flexibility index (Phi) is 8.84. The van der Waals surface area contributed by atoms with E-state index in [2.05, 4.69) is 56.1 Å². The largest absolute Gasteiger partial charge is 0.356 e. The highest BCUT2D eigenvalue weighted by atomic mass is 15.3. The normalized spacial score (nSPS) is 11.8. The Balaban J connectivity index is 1.78. The fourth-order valence-electron chi connectivity index (χ4n) is 3.09. The van der Waals surface area contributed by atoms with Crippen molar-refractivity contribution in [3.63, 3.8) is 0 Å². The topological polar surface area (TPSA) is 59.5 Å². The maximum atomic E-state index is 4.51. The van der Waals surface area contributed by atoms with Crippen molar-refractivity contribution in [2.45, 2.75) is 33.2 Å². The Bertz CT molecular complexity index is 675. The number of aliphatic imine (C=N–C) groups is 1. The van der Waals surface area contributed by atoms with Gasteiger partial charge in [0.15, 0.2) is 5.96 Å². The lowest BCUT2D eigenvalue weighted by atomic mass is 10.2. The Hall–Kier alpha value is -2.34. The maximum Gasteiger partial charge on any atom is 0.193 e. The Labute approximate surface area is 163 Å². The van der Waals surface area contributed by atoms with Crippen LogP contribution in [0.1, 0.15) is 32.5 Å². The van der Waals surface area contributed by atoms with E-state index >= 15 is 0 Å². The average molecular weight is 371 g/mol. The predicted molar refractivity (Wildman–Crippen MR) is 114 cm³/mol. The molecule has 0 amide bonds. The second-order valence-electron chi connectivity index (χ2n) is 6.67. The highest BCUT2D eigenvalue weighted by molar-refractivity contribution is 5.79. The summed E-state index contributed by atoms with van der Waals surface area (Å²) in [6.07, 6.45) is 4.23. The number of nitrogens with one attached hydrogen (secondary N) is 2. The smallest absolute Gasteiger partial charge is 0.193 e. The molecule has 0 saturated carbocycles. The first-order valence-electron chi connectivity index (χ1n) is 9.91. The van der Waals surface area contributed by atoms with E-state index < -0.39 is 0 Å². The second-order valence-corrected chi connectivity index (χ2v) is 6.67. The van der Waals surface area contributed by atoms with E-state index in [0.717, 1.165) is 55.6 Å². The van der Waals surface area contributed by atoms with Gasteiger partial charge in [0.05, 0.1) is 18.4 Å². The number of rotatable bonds is 10. The van der Waals surface area contributed by atoms with Gasteiger partial charge in [-0.15, -0.1) is 0 Å². The van der Waals surface area contributed by atoms with Crippen LogP contribution in [-0.2, 0) is 6.54 Å². The summed E-state index contributed by atoms with van der Waals surface area (Å²) in [7, 11) is 3.86. The van der Waals surface area contributed by atoms with Gasteiger partial charge in [0.2, 0.25) is 0 Å². The van der Waals surface area contributed by atoms with Crippen molar-refractivity contribution in [3.05, 3.63) is 42.4 Å². The van der Waals surface area contributed by atoms with Crippen LogP contribution >= 0.6 is 0 Å². The molecule has 0 unspecified atom stereocenters. The number of benzene rings is 1. The van der Waals surface area contributed by atoms with E-state index in [-0.39, 0.29) is 0 Å². The van der Waals surface area contributed by atoms with Crippen molar-refractivity contribution in [2.75, 3.05) is 40.3 Å². The molecule has 1 aromatic heterocycles. The highest BCUT2D eigenvalue weighted by Gasteiger charge is 2.09. The summed E-state index contributed by atoms with van der Waals surface area (Å²) in [5, 5.41) is 3.45. The fourth-order valence-corrected chi connectivity index (χ4v) is 3.09. The molecule has 0 atom stereocenters. The molecule has 2 N–H and O–H groups in total. The van der Waals surface area contributed by atoms with Crippen LogP contribution < -0.4 is 5.32 Å². The van der Waals surface area contributed by atoms with Crippen LogP contribution in [0.3, 0.4) is 0 Å². The molecular weight excluding hydrogens is 336 g/mol. The highest BCUT2D eigenvalue weighted by Crippen LogP contribution is 2.16. The molecule has 0 saturated heterocycles. The van der Waals surface area contributed by atoms with Crippen LogP contribution in [0.25, 0.3) is 11.3 Å². The summed E-state index contributed by atoms with van der Waals surface area (Å²) in [4.78, 5) is 16.9. The van der Waals surface area contributed by atoms with Crippen molar-refractivity contribution in [1.29, 1.82) is 0 Å². The van der Waals surface area contributed by atoms with Crippen molar-refractivity contribution < 1.29 is 0 Å². The summed E-state index contributed by atoms with van der Waals surface area (Å²) in [6.45, 7) is 9.48. The second kappa shape index (κ2) is 11.4. The lowest BCUT2D eigenvalue weighted by Gasteiger charge is -2.21. The molecule has 0 bridgehead atoms. The standard InChI is InChI=1S/C21H34N6/c1-5-27(6-2)15-11-10-14-23-21(22-3)26(4)17-20-24-16-19(25-20)18-12-8-7-9-13-18/h7-9,12-13,16H,5-6,10-11,14-15,17H2,1-4H3,(H,22,23)(H,24,25). The number of nitrogens with zero attached hydrogens (tertiary/aromatic N) is 4. The quantitative estimate of drug-likeness (QED) is 0.383. The van der Waals surface area contributed by atoms with Crippen LogP contribution in [0, 0.1) is 0 Å². The van der Waals surface area contributed by atoms with Crippen molar-refractivity contribution in [2.24, 2.45) is 4.99 Å². The van der Waals surface area contributed by atoms with Gasteiger partial charge in [-0.05, 0) is 38.0 Å². The molecule has 0 spiro atoms. The number of hydrogen-bond donors (Lipinski definition) is 2. The Morgan fingerprint density at radius 2 is 1.89 bits per heavy atom. The van der Waals surface area contributed by atoms with Gasteiger partial charge in [0, 0.05) is 20.6 Å². The number of aromatic nitrogens is 2. The van der Waals surface area contributed by atoms with E-state index in [1.807, 2.05) is 38.5 Å². The van der Waals surface area contributed by atoms with E-state index in [0.29, 0.717) is 6.54 Å². The average Bonchev–Trinajstić information content (AvgIpc) is 3.16. The molecule has 1 heterocycles. The first-order valence-corrected chi connectivity index (χ1v) is 9.91. The van der Waals surface area contributed by atoms with Crippen molar-refractivity contribution in [3.8, 4) is 11.3 Å². The SMILES string of the molecule is CCN(CC)CCCCNC(=NC)N(C)Cc1ncc(-c2ccccc2)[nH]1. The van der Waals surface area contributed by atoms with Gasteiger partial charge >= 0.3 is 0 Å². The molecule has 0 radical (unpaired) electrons. The van der Waals surface area contributed by atoms with Gasteiger partial charge in [0.1, 0.15) is 5.82 Å². The van der Waals surface area contributed by atoms with Gasteiger partial charge < -0.3 is 20.1 Å². The zero-order chi connectivity index (χ0) is 19.5. The summed E-state index contributed by atoms with van der Waals surface area (Å²) < 4.78 is 0. The van der Waals surface area contributed by atoms with Gasteiger partial charge in [0.25, 0.3) is 0 Å². The van der Waals surface area contributed by atoms with Crippen LogP contribution in [0.4, 0.5) is 0 Å². The molecule has 27 heavy (non-hydrogen) atoms. The van der Waals surface area contributed by atoms with Gasteiger partial charge in [-0.1, -0.05) is 44.2 Å². The third kappa shape index (κ3) is 6.71. The lowest BCUT2D eigenvalue weighted by Crippen LogP contribution is -2.39. The monoisotopic (exact) mass is 370 g/mol. The molecular formula is C21H34N6. The molecule has 1 aromatic carbocycles. The molecule has 6 heteroatoms. The molecule has 0 aliphatic heterocycles. The predicted octanol–water partition coefficient (Wildman–Crippen LogP) is 3.21. The number of guanidine groups is 1. The number of H-pyrrole nitrogens is 1. The summed E-state index contributed by atoms with van der Waals surface area (Å²) >= 11 is 0. The lowest BCUT2D eigenvalue weighted by molar-refractivity contribution is 0.297. The van der Waals surface area contributed by atoms with E-state index in [1.165, 1.54) is 6.42 Å². The van der Waals surface area contributed by atoms with Crippen LogP contribution in [0.5, 0.6) is 0 Å². The van der Waals surface area contributed by atoms with E-state index in [1.54, 1.807) is 0 Å². The molecule has 2 aromatic rings. The van der Waals surface area contributed by atoms with Crippen LogP contribution in [0.15, 0.2) is 41.5 Å². The molecule has 0 aliphatic carbocycles. The minimum atomic E-state index is 0.686. The third-order valence-electron chi connectivity index (χ3n) is 4.75. The number of unbranched alkanes of at least 4 members (excludes halogenated alkanes) is 1. The third-order valence-corrected chi connectivity index (χ3v) is 4.75. The summed E-state index contributed by atoms with van der Waals surface area (Å²) in [5.74, 6) is 1.83. The minimum Gasteiger partial charge on any atom is -0.356 e. The minimum absolute atomic E-state index is 0.686. The summed E-state index contributed by atoms with van der Waals surface area (Å²) in [5.41, 5.74) is 2.19. The van der Waals surface area contributed by atoms with Gasteiger partial charge in [-0.2, -0.15) is 0 Å². The fraction of sp³-hybridized carbons (Fsp3) is 0.524. The molecule has 2 rings (SSSR count). The zero-order valence-electron chi connectivity index (χ0n) is 17.2. The number of aromatic amines is 1. The summed E-state index contributed by atoms with van der Waals surface area (Å²) in [6, 6.07) is 10.3. The number of imidazole rings is 1. The van der Waals surface area contributed by atoms with Crippen LogP contribution in [0.2, 0.25) is 0 Å². The first kappa shape index (κ1) is 21.0. The zero-order valence-corrected chi connectivity index (χ0v) is 17.2. The molecule has 6 nitrogen and oxygen atoms in total. The van der Waals surface area contributed by atoms with Crippen molar-refractivity contribution >= 4 is 5.96 Å². The molecule has 0 fully saturated rings.